The van der Waals surface area contributed by atoms with Gasteiger partial charge in [0.1, 0.15) is 23.2 Å². The summed E-state index contributed by atoms with van der Waals surface area (Å²) in [7, 11) is 0. The molecule has 2 rings (SSSR count). The number of nitrogen functional groups attached to an aromatic ring is 1. The van der Waals surface area contributed by atoms with E-state index in [-0.39, 0.29) is 5.84 Å². The lowest BCUT2D eigenvalue weighted by molar-refractivity contribution is 0.472. The second-order valence-electron chi connectivity index (χ2n) is 4.04. The van der Waals surface area contributed by atoms with Crippen LogP contribution in [0, 0.1) is 18.2 Å². The van der Waals surface area contributed by atoms with Crippen LogP contribution in [0.15, 0.2) is 36.4 Å². The molecule has 19 heavy (non-hydrogen) atoms. The predicted molar refractivity (Wildman–Crippen MR) is 73.7 cm³/mol. The Hall–Kier alpha value is -2.07. The van der Waals surface area contributed by atoms with Crippen LogP contribution in [0.2, 0.25) is 5.02 Å². The summed E-state index contributed by atoms with van der Waals surface area (Å²) < 4.78 is 18.8. The minimum atomic E-state index is -0.396. The topological polar surface area (TPSA) is 59.1 Å². The van der Waals surface area contributed by atoms with Crippen LogP contribution in [0.25, 0.3) is 0 Å². The lowest BCUT2D eigenvalue weighted by atomic mass is 10.1. The van der Waals surface area contributed by atoms with Crippen LogP contribution in [0.1, 0.15) is 11.1 Å². The highest BCUT2D eigenvalue weighted by molar-refractivity contribution is 6.34. The molecular formula is C14H12ClFN2O. The molecule has 0 saturated heterocycles. The molecule has 5 heteroatoms. The second-order valence-corrected chi connectivity index (χ2v) is 4.45. The Morgan fingerprint density at radius 1 is 1.26 bits per heavy atom. The molecule has 0 radical (unpaired) electrons. The van der Waals surface area contributed by atoms with Gasteiger partial charge in [0.25, 0.3) is 0 Å². The van der Waals surface area contributed by atoms with Crippen LogP contribution in [0.3, 0.4) is 0 Å². The second kappa shape index (κ2) is 5.28. The molecule has 0 amide bonds. The van der Waals surface area contributed by atoms with Crippen LogP contribution in [-0.4, -0.2) is 5.84 Å². The minimum absolute atomic E-state index is 0.199. The summed E-state index contributed by atoms with van der Waals surface area (Å²) >= 11 is 5.99. The van der Waals surface area contributed by atoms with Gasteiger partial charge < -0.3 is 10.5 Å². The average molecular weight is 279 g/mol. The van der Waals surface area contributed by atoms with E-state index in [1.165, 1.54) is 12.1 Å². The number of hydrogen-bond donors (Lipinski definition) is 2. The molecule has 0 bridgehead atoms. The first-order valence-electron chi connectivity index (χ1n) is 5.56. The standard InChI is InChI=1S/C14H12ClFN2O/c1-8-5-6-9(16)7-12(8)19-11-4-2-3-10(15)13(11)14(17)18/h2-7H,1H3,(H3,17,18). The summed E-state index contributed by atoms with van der Waals surface area (Å²) in [5.74, 6) is 0.0973. The molecule has 0 fully saturated rings. The van der Waals surface area contributed by atoms with E-state index in [1.807, 2.05) is 0 Å². The molecule has 2 aromatic rings. The Kier molecular flexibility index (Phi) is 3.71. The van der Waals surface area contributed by atoms with E-state index >= 15 is 0 Å². The third-order valence-corrected chi connectivity index (χ3v) is 2.93. The van der Waals surface area contributed by atoms with Crippen molar-refractivity contribution in [2.75, 3.05) is 0 Å². The predicted octanol–water partition coefficient (Wildman–Crippen LogP) is 3.86. The van der Waals surface area contributed by atoms with Gasteiger partial charge in [0, 0.05) is 6.07 Å². The van der Waals surface area contributed by atoms with Crippen molar-refractivity contribution in [3.05, 3.63) is 58.4 Å². The normalized spacial score (nSPS) is 10.3. The Bertz CT molecular complexity index is 643. The van der Waals surface area contributed by atoms with E-state index in [4.69, 9.17) is 27.5 Å². The van der Waals surface area contributed by atoms with Gasteiger partial charge in [0.2, 0.25) is 0 Å². The van der Waals surface area contributed by atoms with E-state index in [2.05, 4.69) is 0 Å². The highest BCUT2D eigenvalue weighted by atomic mass is 35.5. The molecule has 0 heterocycles. The lowest BCUT2D eigenvalue weighted by Gasteiger charge is -2.13. The third-order valence-electron chi connectivity index (χ3n) is 2.61. The summed E-state index contributed by atoms with van der Waals surface area (Å²) in [5, 5.41) is 7.84. The maximum Gasteiger partial charge on any atom is 0.139 e. The molecule has 2 aromatic carbocycles. The first kappa shape index (κ1) is 13.4. The van der Waals surface area contributed by atoms with Gasteiger partial charge in [0.05, 0.1) is 10.6 Å². The van der Waals surface area contributed by atoms with Crippen LogP contribution in [0.4, 0.5) is 4.39 Å². The number of benzene rings is 2. The van der Waals surface area contributed by atoms with Crippen molar-refractivity contribution in [1.29, 1.82) is 5.41 Å². The molecular weight excluding hydrogens is 267 g/mol. The molecule has 98 valence electrons. The number of amidine groups is 1. The summed E-state index contributed by atoms with van der Waals surface area (Å²) in [4.78, 5) is 0. The largest absolute Gasteiger partial charge is 0.456 e. The van der Waals surface area contributed by atoms with Crippen molar-refractivity contribution in [2.45, 2.75) is 6.92 Å². The Morgan fingerprint density at radius 3 is 2.68 bits per heavy atom. The number of aryl methyl sites for hydroxylation is 1. The monoisotopic (exact) mass is 278 g/mol. The third kappa shape index (κ3) is 2.85. The Labute approximate surface area is 115 Å². The maximum atomic E-state index is 13.2. The summed E-state index contributed by atoms with van der Waals surface area (Å²) in [6, 6.07) is 9.17. The molecule has 0 spiro atoms. The quantitative estimate of drug-likeness (QED) is 0.661. The fourth-order valence-corrected chi connectivity index (χ4v) is 1.92. The van der Waals surface area contributed by atoms with Gasteiger partial charge in [-0.1, -0.05) is 23.7 Å². The molecule has 0 aliphatic carbocycles. The van der Waals surface area contributed by atoms with Gasteiger partial charge in [-0.3, -0.25) is 5.41 Å². The zero-order chi connectivity index (χ0) is 14.0. The van der Waals surface area contributed by atoms with Gasteiger partial charge in [-0.05, 0) is 30.7 Å². The molecule has 0 aliphatic rings. The smallest absolute Gasteiger partial charge is 0.139 e. The summed E-state index contributed by atoms with van der Waals surface area (Å²) in [5.41, 5.74) is 6.55. The fraction of sp³-hybridized carbons (Fsp3) is 0.0714. The van der Waals surface area contributed by atoms with E-state index in [1.54, 1.807) is 31.2 Å². The number of rotatable bonds is 3. The highest BCUT2D eigenvalue weighted by Gasteiger charge is 2.13. The molecule has 3 N–H and O–H groups in total. The van der Waals surface area contributed by atoms with Crippen LogP contribution in [0.5, 0.6) is 11.5 Å². The van der Waals surface area contributed by atoms with Crippen molar-refractivity contribution in [1.82, 2.24) is 0 Å². The van der Waals surface area contributed by atoms with Crippen LogP contribution >= 0.6 is 11.6 Å². The van der Waals surface area contributed by atoms with Crippen molar-refractivity contribution in [3.63, 3.8) is 0 Å². The number of nitrogens with two attached hydrogens (primary N) is 1. The van der Waals surface area contributed by atoms with E-state index in [0.717, 1.165) is 5.56 Å². The van der Waals surface area contributed by atoms with Crippen molar-refractivity contribution in [2.24, 2.45) is 5.73 Å². The SMILES string of the molecule is Cc1ccc(F)cc1Oc1cccc(Cl)c1C(=N)N. The molecule has 0 saturated carbocycles. The average Bonchev–Trinajstić information content (AvgIpc) is 2.33. The van der Waals surface area contributed by atoms with Gasteiger partial charge in [-0.2, -0.15) is 0 Å². The van der Waals surface area contributed by atoms with Crippen LogP contribution in [-0.2, 0) is 0 Å². The zero-order valence-electron chi connectivity index (χ0n) is 10.2. The lowest BCUT2D eigenvalue weighted by Crippen LogP contribution is -2.13. The van der Waals surface area contributed by atoms with E-state index in [0.29, 0.717) is 22.1 Å². The molecule has 0 aromatic heterocycles. The first-order valence-corrected chi connectivity index (χ1v) is 5.93. The fourth-order valence-electron chi connectivity index (χ4n) is 1.65. The zero-order valence-corrected chi connectivity index (χ0v) is 11.0. The summed E-state index contributed by atoms with van der Waals surface area (Å²) in [6.07, 6.45) is 0. The van der Waals surface area contributed by atoms with Crippen molar-refractivity contribution < 1.29 is 9.13 Å². The molecule has 3 nitrogen and oxygen atoms in total. The van der Waals surface area contributed by atoms with Crippen LogP contribution < -0.4 is 10.5 Å². The maximum absolute atomic E-state index is 13.2. The van der Waals surface area contributed by atoms with Crippen molar-refractivity contribution in [3.8, 4) is 11.5 Å². The van der Waals surface area contributed by atoms with E-state index in [9.17, 15) is 4.39 Å². The van der Waals surface area contributed by atoms with Gasteiger partial charge in [-0.15, -0.1) is 0 Å². The molecule has 0 aliphatic heterocycles. The number of nitrogens with one attached hydrogen (secondary N) is 1. The van der Waals surface area contributed by atoms with Gasteiger partial charge in [0.15, 0.2) is 0 Å². The number of ether oxygens (including phenoxy) is 1. The molecule has 0 atom stereocenters. The Balaban J connectivity index is 2.46. The van der Waals surface area contributed by atoms with E-state index < -0.39 is 5.82 Å². The van der Waals surface area contributed by atoms with Gasteiger partial charge in [-0.25, -0.2) is 4.39 Å². The van der Waals surface area contributed by atoms with Gasteiger partial charge >= 0.3 is 0 Å². The number of halogens is 2. The number of hydrogen-bond acceptors (Lipinski definition) is 2. The van der Waals surface area contributed by atoms with Crippen molar-refractivity contribution >= 4 is 17.4 Å². The minimum Gasteiger partial charge on any atom is -0.456 e. The Morgan fingerprint density at radius 2 is 2.00 bits per heavy atom. The highest BCUT2D eigenvalue weighted by Crippen LogP contribution is 2.31. The summed E-state index contributed by atoms with van der Waals surface area (Å²) in [6.45, 7) is 1.80. The molecule has 0 unspecified atom stereocenters. The first-order chi connectivity index (χ1) is 8.99.